The predicted molar refractivity (Wildman–Crippen MR) is 93.4 cm³/mol. The molecule has 0 unspecified atom stereocenters. The van der Waals surface area contributed by atoms with E-state index < -0.39 is 0 Å². The molecule has 2 rings (SSSR count). The molecule has 0 radical (unpaired) electrons. The van der Waals surface area contributed by atoms with E-state index in [1.165, 1.54) is 0 Å². The molecule has 0 aliphatic carbocycles. The van der Waals surface area contributed by atoms with Gasteiger partial charge in [-0.3, -0.25) is 5.43 Å². The number of ether oxygens (including phenoxy) is 3. The van der Waals surface area contributed by atoms with Crippen LogP contribution in [0.3, 0.4) is 0 Å². The molecule has 0 saturated carbocycles. The van der Waals surface area contributed by atoms with E-state index in [4.69, 9.17) is 25.8 Å². The molecular weight excluding hydrogens is 316 g/mol. The average Bonchev–Trinajstić information content (AvgIpc) is 2.59. The van der Waals surface area contributed by atoms with Crippen molar-refractivity contribution in [2.24, 2.45) is 5.10 Å². The zero-order valence-electron chi connectivity index (χ0n) is 13.5. The van der Waals surface area contributed by atoms with Gasteiger partial charge in [-0.05, 0) is 31.2 Å². The van der Waals surface area contributed by atoms with Crippen molar-refractivity contribution in [3.05, 3.63) is 47.0 Å². The lowest BCUT2D eigenvalue weighted by molar-refractivity contribution is 0.324. The quantitative estimate of drug-likeness (QED) is 0.635. The molecule has 0 amide bonds. The minimum absolute atomic E-state index is 0.547. The molecule has 2 aromatic rings. The van der Waals surface area contributed by atoms with Crippen LogP contribution in [0.2, 0.25) is 5.02 Å². The van der Waals surface area contributed by atoms with Crippen molar-refractivity contribution in [1.82, 2.24) is 0 Å². The van der Waals surface area contributed by atoms with Gasteiger partial charge in [-0.1, -0.05) is 23.7 Å². The highest BCUT2D eigenvalue weighted by Crippen LogP contribution is 2.38. The van der Waals surface area contributed by atoms with Gasteiger partial charge in [0.15, 0.2) is 11.5 Å². The maximum Gasteiger partial charge on any atom is 0.203 e. The average molecular weight is 335 g/mol. The summed E-state index contributed by atoms with van der Waals surface area (Å²) in [5.74, 6) is 1.70. The van der Waals surface area contributed by atoms with Crippen LogP contribution < -0.4 is 19.6 Å². The summed E-state index contributed by atoms with van der Waals surface area (Å²) in [5.41, 5.74) is 5.30. The topological polar surface area (TPSA) is 52.1 Å². The summed E-state index contributed by atoms with van der Waals surface area (Å²) in [6, 6.07) is 11.1. The third kappa shape index (κ3) is 3.87. The van der Waals surface area contributed by atoms with Crippen LogP contribution in [0.4, 0.5) is 5.69 Å². The van der Waals surface area contributed by atoms with Crippen LogP contribution in [0.25, 0.3) is 0 Å². The van der Waals surface area contributed by atoms with Gasteiger partial charge >= 0.3 is 0 Å². The number of nitrogens with one attached hydrogen (secondary N) is 1. The van der Waals surface area contributed by atoms with Crippen molar-refractivity contribution < 1.29 is 14.2 Å². The van der Waals surface area contributed by atoms with Crippen molar-refractivity contribution in [3.8, 4) is 17.2 Å². The number of nitrogens with zero attached hydrogens (tertiary/aromatic N) is 1. The Kier molecular flexibility index (Phi) is 5.71. The van der Waals surface area contributed by atoms with Crippen LogP contribution in [0.15, 0.2) is 41.5 Å². The summed E-state index contributed by atoms with van der Waals surface area (Å²) in [6.07, 6.45) is 0. The van der Waals surface area contributed by atoms with Gasteiger partial charge in [0.05, 0.1) is 37.8 Å². The molecule has 5 nitrogen and oxygen atoms in total. The number of anilines is 1. The number of hydrazone groups is 1. The van der Waals surface area contributed by atoms with E-state index in [0.717, 1.165) is 17.0 Å². The van der Waals surface area contributed by atoms with Crippen LogP contribution in [0.5, 0.6) is 17.2 Å². The molecule has 122 valence electrons. The fourth-order valence-corrected chi connectivity index (χ4v) is 2.23. The Bertz CT molecular complexity index is 692. The predicted octanol–water partition coefficient (Wildman–Crippen LogP) is 4.20. The minimum Gasteiger partial charge on any atom is -0.493 e. The molecule has 0 spiro atoms. The highest BCUT2D eigenvalue weighted by molar-refractivity contribution is 6.33. The van der Waals surface area contributed by atoms with Gasteiger partial charge in [0.25, 0.3) is 0 Å². The molecule has 0 fully saturated rings. The summed E-state index contributed by atoms with van der Waals surface area (Å²) in [5, 5.41) is 4.97. The lowest BCUT2D eigenvalue weighted by Crippen LogP contribution is -2.03. The van der Waals surface area contributed by atoms with Gasteiger partial charge in [-0.15, -0.1) is 0 Å². The van der Waals surface area contributed by atoms with Gasteiger partial charge in [0, 0.05) is 5.56 Å². The van der Waals surface area contributed by atoms with E-state index in [1.807, 2.05) is 37.3 Å². The fraction of sp³-hybridized carbons (Fsp3) is 0.235. The number of rotatable bonds is 6. The molecule has 2 aromatic carbocycles. The van der Waals surface area contributed by atoms with E-state index in [-0.39, 0.29) is 0 Å². The zero-order chi connectivity index (χ0) is 16.8. The minimum atomic E-state index is 0.547. The maximum absolute atomic E-state index is 6.10. The summed E-state index contributed by atoms with van der Waals surface area (Å²) in [4.78, 5) is 0. The molecule has 0 aliphatic rings. The van der Waals surface area contributed by atoms with Gasteiger partial charge in [-0.25, -0.2) is 0 Å². The second-order valence-corrected chi connectivity index (χ2v) is 5.11. The first-order valence-corrected chi connectivity index (χ1v) is 7.33. The number of methoxy groups -OCH3 is 3. The van der Waals surface area contributed by atoms with Crippen molar-refractivity contribution in [2.45, 2.75) is 6.92 Å². The van der Waals surface area contributed by atoms with E-state index >= 15 is 0 Å². The van der Waals surface area contributed by atoms with E-state index in [2.05, 4.69) is 10.5 Å². The standard InChI is InChI=1S/C17H19ClN2O3/c1-11(19-20-14-8-6-5-7-13(14)18)12-9-15(21-2)17(23-4)16(10-12)22-3/h5-10,20H,1-4H3. The van der Waals surface area contributed by atoms with Crippen LogP contribution in [-0.2, 0) is 0 Å². The fourth-order valence-electron chi connectivity index (χ4n) is 2.05. The Morgan fingerprint density at radius 2 is 1.61 bits per heavy atom. The lowest BCUT2D eigenvalue weighted by Gasteiger charge is -2.14. The molecule has 1 N–H and O–H groups in total. The van der Waals surface area contributed by atoms with Crippen molar-refractivity contribution in [1.29, 1.82) is 0 Å². The first-order valence-electron chi connectivity index (χ1n) is 6.96. The molecule has 23 heavy (non-hydrogen) atoms. The molecule has 6 heteroatoms. The Labute approximate surface area is 140 Å². The Balaban J connectivity index is 2.33. The largest absolute Gasteiger partial charge is 0.493 e. The third-order valence-electron chi connectivity index (χ3n) is 3.30. The van der Waals surface area contributed by atoms with Gasteiger partial charge in [-0.2, -0.15) is 5.10 Å². The number of hydrogen-bond donors (Lipinski definition) is 1. The first-order chi connectivity index (χ1) is 11.1. The molecule has 0 aliphatic heterocycles. The maximum atomic E-state index is 6.10. The second kappa shape index (κ2) is 7.74. The highest BCUT2D eigenvalue weighted by atomic mass is 35.5. The van der Waals surface area contributed by atoms with E-state index in [0.29, 0.717) is 22.3 Å². The van der Waals surface area contributed by atoms with Crippen LogP contribution >= 0.6 is 11.6 Å². The summed E-state index contributed by atoms with van der Waals surface area (Å²) in [7, 11) is 4.73. The molecule has 0 bridgehead atoms. The van der Waals surface area contributed by atoms with Gasteiger partial charge in [0.2, 0.25) is 5.75 Å². The van der Waals surface area contributed by atoms with Crippen LogP contribution in [0, 0.1) is 0 Å². The van der Waals surface area contributed by atoms with Crippen LogP contribution in [-0.4, -0.2) is 27.0 Å². The smallest absolute Gasteiger partial charge is 0.203 e. The number of benzene rings is 2. The van der Waals surface area contributed by atoms with Crippen LogP contribution in [0.1, 0.15) is 12.5 Å². The SMILES string of the molecule is COc1cc(C(C)=NNc2ccccc2Cl)cc(OC)c1OC. The van der Waals surface area contributed by atoms with Crippen molar-refractivity contribution in [2.75, 3.05) is 26.8 Å². The second-order valence-electron chi connectivity index (χ2n) is 4.70. The zero-order valence-corrected chi connectivity index (χ0v) is 14.3. The lowest BCUT2D eigenvalue weighted by atomic mass is 10.1. The molecule has 0 aromatic heterocycles. The van der Waals surface area contributed by atoms with E-state index in [9.17, 15) is 0 Å². The Morgan fingerprint density at radius 1 is 1.00 bits per heavy atom. The monoisotopic (exact) mass is 334 g/mol. The molecule has 0 heterocycles. The third-order valence-corrected chi connectivity index (χ3v) is 3.63. The first kappa shape index (κ1) is 17.0. The number of para-hydroxylation sites is 1. The number of halogens is 1. The molecule has 0 saturated heterocycles. The Morgan fingerprint density at radius 3 is 2.13 bits per heavy atom. The molecule has 0 atom stereocenters. The summed E-state index contributed by atoms with van der Waals surface area (Å²) in [6.45, 7) is 1.88. The van der Waals surface area contributed by atoms with Crippen molar-refractivity contribution in [3.63, 3.8) is 0 Å². The Hall–Kier alpha value is -2.40. The van der Waals surface area contributed by atoms with E-state index in [1.54, 1.807) is 27.4 Å². The highest BCUT2D eigenvalue weighted by Gasteiger charge is 2.14. The number of hydrogen-bond acceptors (Lipinski definition) is 5. The summed E-state index contributed by atoms with van der Waals surface area (Å²) < 4.78 is 16.0. The van der Waals surface area contributed by atoms with Gasteiger partial charge in [0.1, 0.15) is 0 Å². The van der Waals surface area contributed by atoms with Gasteiger partial charge < -0.3 is 14.2 Å². The van der Waals surface area contributed by atoms with Crippen molar-refractivity contribution >= 4 is 23.0 Å². The summed E-state index contributed by atoms with van der Waals surface area (Å²) >= 11 is 6.10. The normalized spacial score (nSPS) is 11.1. The molecular formula is C17H19ClN2O3.